The molecule has 1 aromatic rings. The molecule has 5 nitrogen and oxygen atoms in total. The van der Waals surface area contributed by atoms with Gasteiger partial charge in [0, 0.05) is 5.92 Å². The van der Waals surface area contributed by atoms with Crippen molar-refractivity contribution < 1.29 is 22.7 Å². The van der Waals surface area contributed by atoms with E-state index in [4.69, 9.17) is 0 Å². The van der Waals surface area contributed by atoms with Crippen LogP contribution in [-0.2, 0) is 14.8 Å². The fourth-order valence-corrected chi connectivity index (χ4v) is 9.49. The Morgan fingerprint density at radius 2 is 1.76 bits per heavy atom. The normalized spacial score (nSPS) is 44.1. The highest BCUT2D eigenvalue weighted by Crippen LogP contribution is 2.66. The van der Waals surface area contributed by atoms with Crippen LogP contribution in [0.25, 0.3) is 0 Å². The Balaban J connectivity index is 1.29. The molecule has 4 aliphatic rings. The first kappa shape index (κ1) is 24.4. The van der Waals surface area contributed by atoms with Gasteiger partial charge in [-0.25, -0.2) is 17.5 Å². The molecule has 4 fully saturated rings. The van der Waals surface area contributed by atoms with E-state index in [1.165, 1.54) is 12.1 Å². The van der Waals surface area contributed by atoms with Crippen molar-refractivity contribution in [1.82, 2.24) is 4.72 Å². The Morgan fingerprint density at radius 3 is 2.50 bits per heavy atom. The van der Waals surface area contributed by atoms with Gasteiger partial charge in [-0.1, -0.05) is 25.1 Å². The van der Waals surface area contributed by atoms with Crippen LogP contribution in [0, 0.1) is 35.0 Å². The van der Waals surface area contributed by atoms with Crippen LogP contribution in [0.15, 0.2) is 35.2 Å². The summed E-state index contributed by atoms with van der Waals surface area (Å²) in [4.78, 5) is 13.4. The predicted octanol–water partition coefficient (Wildman–Crippen LogP) is 4.65. The molecular formula is C27H38FNO4S. The second-order valence-corrected chi connectivity index (χ2v) is 13.8. The molecule has 34 heavy (non-hydrogen) atoms. The van der Waals surface area contributed by atoms with E-state index in [0.29, 0.717) is 25.2 Å². The van der Waals surface area contributed by atoms with E-state index in [9.17, 15) is 18.3 Å². The molecule has 5 rings (SSSR count). The van der Waals surface area contributed by atoms with E-state index < -0.39 is 21.3 Å². The van der Waals surface area contributed by atoms with Crippen LogP contribution in [0.4, 0.5) is 4.39 Å². The highest BCUT2D eigenvalue weighted by molar-refractivity contribution is 7.89. The molecule has 0 spiro atoms. The first-order valence-electron chi connectivity index (χ1n) is 12.9. The molecule has 0 heterocycles. The summed E-state index contributed by atoms with van der Waals surface area (Å²) in [6.45, 7) is 3.84. The SMILES string of the molecule is C[C@]1(O)CC[C@@]2(F)[C@H](CC[C@H]3[C@@H]4CC[C@H](C(=O)CNS(=O)(=O)c5ccccc5)[C@@]4(C)CC[C@@H]32)C1. The minimum atomic E-state index is -3.72. The van der Waals surface area contributed by atoms with Gasteiger partial charge in [-0.05, 0) is 106 Å². The van der Waals surface area contributed by atoms with E-state index >= 15 is 4.39 Å². The van der Waals surface area contributed by atoms with Gasteiger partial charge in [0.15, 0.2) is 5.78 Å². The van der Waals surface area contributed by atoms with Crippen molar-refractivity contribution in [3.05, 3.63) is 30.3 Å². The van der Waals surface area contributed by atoms with E-state index in [-0.39, 0.29) is 46.3 Å². The summed E-state index contributed by atoms with van der Waals surface area (Å²) < 4.78 is 44.2. The number of alkyl halides is 1. The number of rotatable bonds is 5. The fraction of sp³-hybridized carbons (Fsp3) is 0.741. The van der Waals surface area contributed by atoms with Gasteiger partial charge in [0.25, 0.3) is 0 Å². The zero-order chi connectivity index (χ0) is 24.4. The van der Waals surface area contributed by atoms with Crippen LogP contribution >= 0.6 is 0 Å². The lowest BCUT2D eigenvalue weighted by Crippen LogP contribution is -2.58. The van der Waals surface area contributed by atoms with Crippen molar-refractivity contribution in [3.8, 4) is 0 Å². The lowest BCUT2D eigenvalue weighted by Gasteiger charge is -2.59. The zero-order valence-electron chi connectivity index (χ0n) is 20.3. The number of ketones is 1. The number of nitrogens with one attached hydrogen (secondary N) is 1. The summed E-state index contributed by atoms with van der Waals surface area (Å²) in [6.07, 6.45) is 6.58. The van der Waals surface area contributed by atoms with Crippen LogP contribution in [0.3, 0.4) is 0 Å². The Morgan fingerprint density at radius 1 is 1.03 bits per heavy atom. The van der Waals surface area contributed by atoms with Crippen molar-refractivity contribution in [2.45, 2.75) is 87.8 Å². The van der Waals surface area contributed by atoms with Crippen molar-refractivity contribution in [1.29, 1.82) is 0 Å². The monoisotopic (exact) mass is 491 g/mol. The molecule has 0 radical (unpaired) electrons. The molecule has 8 atom stereocenters. The first-order valence-corrected chi connectivity index (χ1v) is 14.4. The van der Waals surface area contributed by atoms with Crippen LogP contribution in [0.2, 0.25) is 0 Å². The van der Waals surface area contributed by atoms with Gasteiger partial charge in [-0.15, -0.1) is 0 Å². The van der Waals surface area contributed by atoms with Gasteiger partial charge < -0.3 is 5.11 Å². The summed E-state index contributed by atoms with van der Waals surface area (Å²) in [5, 5.41) is 10.5. The second-order valence-electron chi connectivity index (χ2n) is 12.1. The summed E-state index contributed by atoms with van der Waals surface area (Å²) >= 11 is 0. The summed E-state index contributed by atoms with van der Waals surface area (Å²) in [5.41, 5.74) is -2.14. The number of hydrogen-bond donors (Lipinski definition) is 2. The van der Waals surface area contributed by atoms with Gasteiger partial charge in [0.1, 0.15) is 5.67 Å². The zero-order valence-corrected chi connectivity index (χ0v) is 21.1. The molecule has 0 unspecified atom stereocenters. The highest BCUT2D eigenvalue weighted by Gasteiger charge is 2.63. The highest BCUT2D eigenvalue weighted by atomic mass is 32.2. The number of Topliss-reactive ketones (excluding diaryl/α,β-unsaturated/α-hetero) is 1. The average Bonchev–Trinajstić information content (AvgIpc) is 3.16. The van der Waals surface area contributed by atoms with Crippen LogP contribution in [-0.4, -0.2) is 37.1 Å². The Labute approximate surface area is 203 Å². The molecule has 0 aliphatic heterocycles. The largest absolute Gasteiger partial charge is 0.390 e. The standard InChI is InChI=1S/C27H38FNO4S/c1-25(31)14-15-27(28)18(16-25)8-9-20-21-10-11-23(26(21,2)13-12-22(20)27)24(30)17-29-34(32,33)19-6-4-3-5-7-19/h3-7,18,20-23,29,31H,8-17H2,1-2H3/t18-,20+,21+,22+,23-,25+,26+,27-/m1/s1. The molecule has 0 saturated heterocycles. The third kappa shape index (κ3) is 3.96. The minimum absolute atomic E-state index is 0.0193. The van der Waals surface area contributed by atoms with E-state index in [1.807, 2.05) is 6.92 Å². The average molecular weight is 492 g/mol. The number of fused-ring (bicyclic) bond motifs is 5. The van der Waals surface area contributed by atoms with Gasteiger partial charge in [-0.3, -0.25) is 4.79 Å². The van der Waals surface area contributed by atoms with Crippen LogP contribution in [0.1, 0.15) is 71.6 Å². The molecule has 4 aliphatic carbocycles. The number of hydrogen-bond acceptors (Lipinski definition) is 4. The molecule has 0 bridgehead atoms. The van der Waals surface area contributed by atoms with E-state index in [1.54, 1.807) is 18.2 Å². The topological polar surface area (TPSA) is 83.5 Å². The Hall–Kier alpha value is -1.31. The molecule has 7 heteroatoms. The fourth-order valence-electron chi connectivity index (χ4n) is 8.48. The second kappa shape index (κ2) is 8.38. The summed E-state index contributed by atoms with van der Waals surface area (Å²) in [5.74, 6) is 0.320. The lowest BCUT2D eigenvalue weighted by atomic mass is 9.48. The number of sulfonamides is 1. The molecule has 0 aromatic heterocycles. The molecule has 188 valence electrons. The molecule has 4 saturated carbocycles. The number of halogens is 1. The smallest absolute Gasteiger partial charge is 0.240 e. The number of carbonyl (C=O) groups is 1. The Kier molecular flexibility index (Phi) is 6.01. The predicted molar refractivity (Wildman–Crippen MR) is 128 cm³/mol. The molecular weight excluding hydrogens is 453 g/mol. The number of benzene rings is 1. The summed E-state index contributed by atoms with van der Waals surface area (Å²) in [7, 11) is -3.72. The maximum absolute atomic E-state index is 16.5. The summed E-state index contributed by atoms with van der Waals surface area (Å²) in [6, 6.07) is 8.13. The first-order chi connectivity index (χ1) is 16.0. The lowest BCUT2D eigenvalue weighted by molar-refractivity contribution is -0.165. The van der Waals surface area contributed by atoms with E-state index in [0.717, 1.165) is 38.5 Å². The van der Waals surface area contributed by atoms with Crippen LogP contribution < -0.4 is 4.72 Å². The number of aliphatic hydroxyl groups is 1. The molecule has 2 N–H and O–H groups in total. The quantitative estimate of drug-likeness (QED) is 0.628. The van der Waals surface area contributed by atoms with E-state index in [2.05, 4.69) is 11.6 Å². The van der Waals surface area contributed by atoms with Gasteiger partial charge in [0.2, 0.25) is 10.0 Å². The third-order valence-corrected chi connectivity index (χ3v) is 11.6. The van der Waals surface area contributed by atoms with Crippen molar-refractivity contribution in [2.75, 3.05) is 6.54 Å². The minimum Gasteiger partial charge on any atom is -0.390 e. The Bertz CT molecular complexity index is 1040. The molecule has 1 aromatic carbocycles. The maximum Gasteiger partial charge on any atom is 0.240 e. The van der Waals surface area contributed by atoms with Gasteiger partial charge >= 0.3 is 0 Å². The third-order valence-electron chi connectivity index (χ3n) is 10.2. The van der Waals surface area contributed by atoms with Crippen molar-refractivity contribution in [3.63, 3.8) is 0 Å². The van der Waals surface area contributed by atoms with Crippen LogP contribution in [0.5, 0.6) is 0 Å². The van der Waals surface area contributed by atoms with Gasteiger partial charge in [-0.2, -0.15) is 0 Å². The number of carbonyl (C=O) groups excluding carboxylic acids is 1. The van der Waals surface area contributed by atoms with Crippen molar-refractivity contribution in [2.24, 2.45) is 35.0 Å². The molecule has 0 amide bonds. The van der Waals surface area contributed by atoms with Gasteiger partial charge in [0.05, 0.1) is 17.0 Å². The van der Waals surface area contributed by atoms with Crippen molar-refractivity contribution >= 4 is 15.8 Å². The maximum atomic E-state index is 16.5.